The van der Waals surface area contributed by atoms with Crippen LogP contribution < -0.4 is 10.3 Å². The third kappa shape index (κ3) is 4.49. The smallest absolute Gasteiger partial charge is 0.266 e. The van der Waals surface area contributed by atoms with E-state index in [9.17, 15) is 9.59 Å². The van der Waals surface area contributed by atoms with E-state index in [1.165, 1.54) is 11.3 Å². The number of fused-ring (bicyclic) bond motifs is 1. The summed E-state index contributed by atoms with van der Waals surface area (Å²) in [6.07, 6.45) is 2.33. The average Bonchev–Trinajstić information content (AvgIpc) is 3.23. The van der Waals surface area contributed by atoms with Crippen LogP contribution in [-0.2, 0) is 19.5 Å². The third-order valence-electron chi connectivity index (χ3n) is 6.28. The van der Waals surface area contributed by atoms with Crippen LogP contribution in [0.4, 0.5) is 0 Å². The molecule has 1 aliphatic heterocycles. The predicted octanol–water partition coefficient (Wildman–Crippen LogP) is 4.24. The molecule has 7 nitrogen and oxygen atoms in total. The second-order valence-electron chi connectivity index (χ2n) is 8.60. The molecule has 0 spiro atoms. The van der Waals surface area contributed by atoms with Crippen molar-refractivity contribution in [3.8, 4) is 16.9 Å². The fourth-order valence-electron chi connectivity index (χ4n) is 4.58. The minimum absolute atomic E-state index is 0.0100. The van der Waals surface area contributed by atoms with Crippen LogP contribution in [0, 0.1) is 13.8 Å². The number of carbonyl (C=O) groups excluding carboxylic acids is 1. The lowest BCUT2D eigenvalue weighted by atomic mass is 9.98. The molecule has 0 fully saturated rings. The summed E-state index contributed by atoms with van der Waals surface area (Å²) in [7, 11) is 1.61. The number of methoxy groups -OCH3 is 1. The Morgan fingerprint density at radius 1 is 1.14 bits per heavy atom. The number of hydrogen-bond donors (Lipinski definition) is 0. The van der Waals surface area contributed by atoms with Crippen molar-refractivity contribution in [2.24, 2.45) is 0 Å². The molecular weight excluding hydrogens is 460 g/mol. The molecule has 4 heterocycles. The minimum atomic E-state index is -0.0728. The third-order valence-corrected chi connectivity index (χ3v) is 7.34. The van der Waals surface area contributed by atoms with Gasteiger partial charge in [0.05, 0.1) is 30.1 Å². The van der Waals surface area contributed by atoms with Crippen LogP contribution in [0.5, 0.6) is 5.75 Å². The number of amides is 1. The molecule has 35 heavy (non-hydrogen) atoms. The fourth-order valence-corrected chi connectivity index (χ4v) is 5.47. The molecular formula is C27H26N4O3S. The first kappa shape index (κ1) is 23.0. The quantitative estimate of drug-likeness (QED) is 0.422. The number of nitrogens with zero attached hydrogens (tertiary/aromatic N) is 4. The molecule has 0 atom stereocenters. The molecule has 178 valence electrons. The number of aryl methyl sites for hydroxylation is 2. The normalized spacial score (nSPS) is 12.9. The highest BCUT2D eigenvalue weighted by Crippen LogP contribution is 2.28. The Labute approximate surface area is 207 Å². The number of thiazole rings is 1. The van der Waals surface area contributed by atoms with Gasteiger partial charge in [0.2, 0.25) is 0 Å². The van der Waals surface area contributed by atoms with Crippen molar-refractivity contribution in [1.29, 1.82) is 0 Å². The number of pyridine rings is 2. The molecule has 0 aliphatic carbocycles. The van der Waals surface area contributed by atoms with Crippen LogP contribution in [0.15, 0.2) is 59.5 Å². The van der Waals surface area contributed by atoms with Crippen LogP contribution in [-0.4, -0.2) is 39.0 Å². The van der Waals surface area contributed by atoms with Gasteiger partial charge < -0.3 is 14.2 Å². The van der Waals surface area contributed by atoms with E-state index in [1.54, 1.807) is 13.3 Å². The number of rotatable bonds is 5. The molecule has 4 aromatic rings. The molecule has 3 aromatic heterocycles. The van der Waals surface area contributed by atoms with Gasteiger partial charge in [0.25, 0.3) is 11.5 Å². The first-order valence-electron chi connectivity index (χ1n) is 11.5. The SMILES string of the molecule is COc1cccc(-c2cc3c(n(Cc4ccccn4)c2=O)CCN(C(=O)c2sc(C)nc2C)C3)c1. The van der Waals surface area contributed by atoms with E-state index in [2.05, 4.69) is 9.97 Å². The van der Waals surface area contributed by atoms with Crippen molar-refractivity contribution in [2.75, 3.05) is 13.7 Å². The minimum Gasteiger partial charge on any atom is -0.497 e. The summed E-state index contributed by atoms with van der Waals surface area (Å²) >= 11 is 1.43. The van der Waals surface area contributed by atoms with Gasteiger partial charge in [-0.15, -0.1) is 11.3 Å². The highest BCUT2D eigenvalue weighted by atomic mass is 32.1. The van der Waals surface area contributed by atoms with Gasteiger partial charge in [-0.2, -0.15) is 0 Å². The molecule has 1 aromatic carbocycles. The Morgan fingerprint density at radius 2 is 2.00 bits per heavy atom. The lowest BCUT2D eigenvalue weighted by Gasteiger charge is -2.31. The summed E-state index contributed by atoms with van der Waals surface area (Å²) in [5.41, 5.74) is 4.79. The summed E-state index contributed by atoms with van der Waals surface area (Å²) in [5.74, 6) is 0.674. The van der Waals surface area contributed by atoms with Crippen molar-refractivity contribution < 1.29 is 9.53 Å². The summed E-state index contributed by atoms with van der Waals surface area (Å²) in [6, 6.07) is 15.1. The molecule has 1 aliphatic rings. The van der Waals surface area contributed by atoms with E-state index in [0.717, 1.165) is 33.2 Å². The highest BCUT2D eigenvalue weighted by molar-refractivity contribution is 7.13. The summed E-state index contributed by atoms with van der Waals surface area (Å²) in [4.78, 5) is 38.5. The largest absolute Gasteiger partial charge is 0.497 e. The number of ether oxygens (including phenoxy) is 1. The fraction of sp³-hybridized carbons (Fsp3) is 0.259. The molecule has 0 radical (unpaired) electrons. The van der Waals surface area contributed by atoms with Crippen molar-refractivity contribution >= 4 is 17.2 Å². The van der Waals surface area contributed by atoms with Gasteiger partial charge in [0.1, 0.15) is 10.6 Å². The first-order valence-corrected chi connectivity index (χ1v) is 12.3. The van der Waals surface area contributed by atoms with E-state index >= 15 is 0 Å². The second-order valence-corrected chi connectivity index (χ2v) is 9.80. The van der Waals surface area contributed by atoms with Gasteiger partial charge in [0.15, 0.2) is 0 Å². The standard InChI is InChI=1S/C27H26N4O3S/c1-17-25(35-18(2)29-17)27(33)30-12-10-24-20(15-30)14-23(19-7-6-9-22(13-19)34-3)26(32)31(24)16-21-8-4-5-11-28-21/h4-9,11,13-14H,10,12,15-16H2,1-3H3. The summed E-state index contributed by atoms with van der Waals surface area (Å²) in [5, 5.41) is 0.882. The number of carbonyl (C=O) groups is 1. The lowest BCUT2D eigenvalue weighted by molar-refractivity contribution is 0.0736. The van der Waals surface area contributed by atoms with Crippen molar-refractivity contribution in [3.05, 3.63) is 97.6 Å². The zero-order chi connectivity index (χ0) is 24.5. The van der Waals surface area contributed by atoms with Crippen molar-refractivity contribution in [1.82, 2.24) is 19.4 Å². The Kier molecular flexibility index (Phi) is 6.21. The molecule has 0 N–H and O–H groups in total. The zero-order valence-electron chi connectivity index (χ0n) is 19.9. The molecule has 0 saturated carbocycles. The summed E-state index contributed by atoms with van der Waals surface area (Å²) in [6.45, 7) is 5.14. The molecule has 0 saturated heterocycles. The number of hydrogen-bond acceptors (Lipinski definition) is 6. The van der Waals surface area contributed by atoms with Gasteiger partial charge >= 0.3 is 0 Å². The highest BCUT2D eigenvalue weighted by Gasteiger charge is 2.28. The molecule has 8 heteroatoms. The zero-order valence-corrected chi connectivity index (χ0v) is 20.8. The number of aromatic nitrogens is 3. The van der Waals surface area contributed by atoms with E-state index in [0.29, 0.717) is 42.2 Å². The Morgan fingerprint density at radius 3 is 2.71 bits per heavy atom. The van der Waals surface area contributed by atoms with Gasteiger partial charge in [-0.1, -0.05) is 18.2 Å². The average molecular weight is 487 g/mol. The van der Waals surface area contributed by atoms with Gasteiger partial charge in [0, 0.05) is 37.0 Å². The summed E-state index contributed by atoms with van der Waals surface area (Å²) < 4.78 is 7.20. The molecule has 5 rings (SSSR count). The monoisotopic (exact) mass is 486 g/mol. The maximum absolute atomic E-state index is 13.7. The topological polar surface area (TPSA) is 77.3 Å². The van der Waals surface area contributed by atoms with E-state index in [1.807, 2.05) is 71.8 Å². The van der Waals surface area contributed by atoms with Crippen molar-refractivity contribution in [2.45, 2.75) is 33.4 Å². The van der Waals surface area contributed by atoms with Crippen LogP contribution in [0.3, 0.4) is 0 Å². The van der Waals surface area contributed by atoms with Crippen molar-refractivity contribution in [3.63, 3.8) is 0 Å². The molecule has 1 amide bonds. The Hall–Kier alpha value is -3.78. The Bertz CT molecular complexity index is 1460. The molecule has 0 unspecified atom stereocenters. The van der Waals surface area contributed by atoms with Gasteiger partial charge in [-0.05, 0) is 55.3 Å². The lowest BCUT2D eigenvalue weighted by Crippen LogP contribution is -2.39. The molecule has 0 bridgehead atoms. The van der Waals surface area contributed by atoms with Crippen LogP contribution in [0.25, 0.3) is 11.1 Å². The van der Waals surface area contributed by atoms with Gasteiger partial charge in [-0.25, -0.2) is 4.98 Å². The van der Waals surface area contributed by atoms with Crippen LogP contribution >= 0.6 is 11.3 Å². The first-order chi connectivity index (χ1) is 16.9. The number of benzene rings is 1. The maximum Gasteiger partial charge on any atom is 0.266 e. The van der Waals surface area contributed by atoms with Crippen LogP contribution in [0.2, 0.25) is 0 Å². The predicted molar refractivity (Wildman–Crippen MR) is 136 cm³/mol. The Balaban J connectivity index is 1.60. The van der Waals surface area contributed by atoms with E-state index in [-0.39, 0.29) is 11.5 Å². The van der Waals surface area contributed by atoms with E-state index < -0.39 is 0 Å². The second kappa shape index (κ2) is 9.46. The van der Waals surface area contributed by atoms with Gasteiger partial charge in [-0.3, -0.25) is 14.6 Å². The van der Waals surface area contributed by atoms with E-state index in [4.69, 9.17) is 4.74 Å². The maximum atomic E-state index is 13.7. The van der Waals surface area contributed by atoms with Crippen LogP contribution in [0.1, 0.15) is 37.3 Å².